The summed E-state index contributed by atoms with van der Waals surface area (Å²) in [6.45, 7) is 3.85. The van der Waals surface area contributed by atoms with E-state index in [1.807, 2.05) is 42.5 Å². The van der Waals surface area contributed by atoms with Crippen LogP contribution in [0.1, 0.15) is 49.1 Å². The summed E-state index contributed by atoms with van der Waals surface area (Å²) < 4.78 is 5.44. The predicted molar refractivity (Wildman–Crippen MR) is 113 cm³/mol. The van der Waals surface area contributed by atoms with Crippen LogP contribution in [0.3, 0.4) is 0 Å². The standard InChI is InChI=1S/C24H27NO4/c1-2-3-4-5-6-15-22(23(26)27)25-24(28)29-16-21-19-13-9-7-11-17(19)18-12-8-10-14-20(18)21/h2,7-14,21-22H,1,3-6,15-16H2,(H,25,28)(H,26,27)/t22-/m0/s1. The van der Waals surface area contributed by atoms with Gasteiger partial charge in [-0.1, -0.05) is 67.4 Å². The third-order valence-electron chi connectivity index (χ3n) is 5.33. The molecule has 0 bridgehead atoms. The van der Waals surface area contributed by atoms with Gasteiger partial charge in [0.1, 0.15) is 12.6 Å². The first kappa shape index (κ1) is 20.6. The number of carbonyl (C=O) groups is 2. The lowest BCUT2D eigenvalue weighted by atomic mass is 9.98. The lowest BCUT2D eigenvalue weighted by molar-refractivity contribution is -0.139. The fraction of sp³-hybridized carbons (Fsp3) is 0.333. The van der Waals surface area contributed by atoms with Gasteiger partial charge in [-0.3, -0.25) is 0 Å². The lowest BCUT2D eigenvalue weighted by Crippen LogP contribution is -2.41. The number of alkyl carbamates (subject to hydrolysis) is 1. The zero-order valence-corrected chi connectivity index (χ0v) is 16.5. The van der Waals surface area contributed by atoms with E-state index in [2.05, 4.69) is 24.0 Å². The average molecular weight is 393 g/mol. The van der Waals surface area contributed by atoms with Crippen LogP contribution in [-0.2, 0) is 9.53 Å². The first-order chi connectivity index (χ1) is 14.1. The van der Waals surface area contributed by atoms with Crippen LogP contribution in [0.4, 0.5) is 4.79 Å². The van der Waals surface area contributed by atoms with Gasteiger partial charge in [-0.15, -0.1) is 6.58 Å². The van der Waals surface area contributed by atoms with Crippen LogP contribution in [-0.4, -0.2) is 29.8 Å². The van der Waals surface area contributed by atoms with Crippen LogP contribution in [0.15, 0.2) is 61.2 Å². The van der Waals surface area contributed by atoms with Gasteiger partial charge < -0.3 is 15.2 Å². The normalized spacial score (nSPS) is 13.2. The Morgan fingerprint density at radius 1 is 1.03 bits per heavy atom. The summed E-state index contributed by atoms with van der Waals surface area (Å²) in [6, 6.07) is 15.2. The largest absolute Gasteiger partial charge is 0.480 e. The van der Waals surface area contributed by atoms with Crippen LogP contribution >= 0.6 is 0 Å². The molecule has 29 heavy (non-hydrogen) atoms. The van der Waals surface area contributed by atoms with Gasteiger partial charge in [0, 0.05) is 5.92 Å². The van der Waals surface area contributed by atoms with Gasteiger partial charge in [-0.05, 0) is 41.5 Å². The smallest absolute Gasteiger partial charge is 0.407 e. The number of hydrogen-bond donors (Lipinski definition) is 2. The van der Waals surface area contributed by atoms with Gasteiger partial charge in [-0.25, -0.2) is 9.59 Å². The van der Waals surface area contributed by atoms with Crippen molar-refractivity contribution >= 4 is 12.1 Å². The summed E-state index contributed by atoms with van der Waals surface area (Å²) >= 11 is 0. The van der Waals surface area contributed by atoms with E-state index in [4.69, 9.17) is 4.74 Å². The SMILES string of the molecule is C=CCCCCC[C@H](NC(=O)OCC1c2ccccc2-c2ccccc21)C(=O)O. The highest BCUT2D eigenvalue weighted by Crippen LogP contribution is 2.44. The predicted octanol–water partition coefficient (Wildman–Crippen LogP) is 5.11. The van der Waals surface area contributed by atoms with Gasteiger partial charge in [0.2, 0.25) is 0 Å². The molecule has 2 aromatic carbocycles. The number of nitrogens with one attached hydrogen (secondary N) is 1. The zero-order chi connectivity index (χ0) is 20.6. The molecular formula is C24H27NO4. The Morgan fingerprint density at radius 2 is 1.66 bits per heavy atom. The van der Waals surface area contributed by atoms with E-state index in [0.29, 0.717) is 6.42 Å². The first-order valence-electron chi connectivity index (χ1n) is 10.1. The fourth-order valence-corrected chi connectivity index (χ4v) is 3.85. The summed E-state index contributed by atoms with van der Waals surface area (Å²) in [5.74, 6) is -1.09. The molecule has 1 atom stereocenters. The highest BCUT2D eigenvalue weighted by atomic mass is 16.5. The molecule has 2 aromatic rings. The number of allylic oxidation sites excluding steroid dienone is 1. The van der Waals surface area contributed by atoms with E-state index in [0.717, 1.165) is 47.9 Å². The van der Waals surface area contributed by atoms with Gasteiger partial charge in [0.25, 0.3) is 0 Å². The lowest BCUT2D eigenvalue weighted by Gasteiger charge is -2.17. The molecule has 0 radical (unpaired) electrons. The Labute approximate surface area is 171 Å². The zero-order valence-electron chi connectivity index (χ0n) is 16.5. The van der Waals surface area contributed by atoms with Crippen molar-refractivity contribution in [2.45, 2.75) is 44.1 Å². The van der Waals surface area contributed by atoms with Crippen molar-refractivity contribution in [3.63, 3.8) is 0 Å². The number of rotatable bonds is 10. The molecule has 0 saturated carbocycles. The van der Waals surface area contributed by atoms with Crippen molar-refractivity contribution in [3.05, 3.63) is 72.3 Å². The minimum atomic E-state index is -1.04. The minimum absolute atomic E-state index is 0.0460. The van der Waals surface area contributed by atoms with E-state index in [-0.39, 0.29) is 12.5 Å². The van der Waals surface area contributed by atoms with Crippen molar-refractivity contribution in [2.24, 2.45) is 0 Å². The van der Waals surface area contributed by atoms with E-state index >= 15 is 0 Å². The number of ether oxygens (including phenoxy) is 1. The molecule has 0 aliphatic heterocycles. The Balaban J connectivity index is 1.57. The van der Waals surface area contributed by atoms with Crippen LogP contribution in [0.25, 0.3) is 11.1 Å². The Hall–Kier alpha value is -3.08. The Morgan fingerprint density at radius 3 is 2.24 bits per heavy atom. The van der Waals surface area contributed by atoms with Crippen molar-refractivity contribution in [1.29, 1.82) is 0 Å². The third kappa shape index (κ3) is 5.05. The van der Waals surface area contributed by atoms with Gasteiger partial charge in [-0.2, -0.15) is 0 Å². The first-order valence-corrected chi connectivity index (χ1v) is 10.1. The Kier molecular flexibility index (Phi) is 7.06. The molecule has 0 spiro atoms. The summed E-state index contributed by atoms with van der Waals surface area (Å²) in [5, 5.41) is 11.9. The van der Waals surface area contributed by atoms with Crippen LogP contribution < -0.4 is 5.32 Å². The third-order valence-corrected chi connectivity index (χ3v) is 5.33. The van der Waals surface area contributed by atoms with E-state index in [1.54, 1.807) is 0 Å². The molecule has 1 amide bonds. The van der Waals surface area contributed by atoms with Crippen molar-refractivity contribution < 1.29 is 19.4 Å². The molecule has 5 heteroatoms. The molecule has 2 N–H and O–H groups in total. The quantitative estimate of drug-likeness (QED) is 0.434. The number of unbranched alkanes of at least 4 members (excludes halogenated alkanes) is 3. The molecule has 0 fully saturated rings. The van der Waals surface area contributed by atoms with E-state index in [9.17, 15) is 14.7 Å². The summed E-state index contributed by atoms with van der Waals surface area (Å²) in [5.41, 5.74) is 4.55. The van der Waals surface area contributed by atoms with Crippen molar-refractivity contribution in [3.8, 4) is 11.1 Å². The second-order valence-electron chi connectivity index (χ2n) is 7.29. The molecule has 0 aromatic heterocycles. The van der Waals surface area contributed by atoms with Gasteiger partial charge in [0.05, 0.1) is 0 Å². The van der Waals surface area contributed by atoms with Crippen molar-refractivity contribution in [2.75, 3.05) is 6.61 Å². The van der Waals surface area contributed by atoms with E-state index in [1.165, 1.54) is 0 Å². The van der Waals surface area contributed by atoms with Crippen LogP contribution in [0.2, 0.25) is 0 Å². The highest BCUT2D eigenvalue weighted by Gasteiger charge is 2.29. The maximum Gasteiger partial charge on any atom is 0.407 e. The summed E-state index contributed by atoms with van der Waals surface area (Å²) in [6.07, 6.45) is 5.07. The summed E-state index contributed by atoms with van der Waals surface area (Å²) in [7, 11) is 0. The second kappa shape index (κ2) is 9.92. The Bertz CT molecular complexity index is 831. The van der Waals surface area contributed by atoms with Gasteiger partial charge in [0.15, 0.2) is 0 Å². The molecule has 1 aliphatic carbocycles. The number of carbonyl (C=O) groups excluding carboxylic acids is 1. The number of aliphatic carboxylic acids is 1. The van der Waals surface area contributed by atoms with Gasteiger partial charge >= 0.3 is 12.1 Å². The number of fused-ring (bicyclic) bond motifs is 3. The van der Waals surface area contributed by atoms with Crippen LogP contribution in [0, 0.1) is 0 Å². The maximum absolute atomic E-state index is 12.3. The number of amides is 1. The number of benzene rings is 2. The minimum Gasteiger partial charge on any atom is -0.480 e. The summed E-state index contributed by atoms with van der Waals surface area (Å²) in [4.78, 5) is 23.7. The second-order valence-corrected chi connectivity index (χ2v) is 7.29. The molecule has 152 valence electrons. The number of carboxylic acids is 1. The molecule has 0 unspecified atom stereocenters. The molecule has 1 aliphatic rings. The topological polar surface area (TPSA) is 75.6 Å². The maximum atomic E-state index is 12.3. The number of hydrogen-bond acceptors (Lipinski definition) is 3. The highest BCUT2D eigenvalue weighted by molar-refractivity contribution is 5.81. The average Bonchev–Trinajstić information content (AvgIpc) is 3.05. The monoisotopic (exact) mass is 393 g/mol. The molecular weight excluding hydrogens is 366 g/mol. The molecule has 3 rings (SSSR count). The van der Waals surface area contributed by atoms with Crippen LogP contribution in [0.5, 0.6) is 0 Å². The van der Waals surface area contributed by atoms with E-state index < -0.39 is 18.1 Å². The molecule has 0 saturated heterocycles. The number of carboxylic acid groups (broad SMARTS) is 1. The molecule has 5 nitrogen and oxygen atoms in total. The molecule has 0 heterocycles. The fourth-order valence-electron chi connectivity index (χ4n) is 3.85. The van der Waals surface area contributed by atoms with Crippen molar-refractivity contribution in [1.82, 2.24) is 5.32 Å².